The summed E-state index contributed by atoms with van der Waals surface area (Å²) in [5, 5.41) is 7.07. The van der Waals surface area contributed by atoms with Crippen molar-refractivity contribution in [2.45, 2.75) is 0 Å². The number of thiophene rings is 1. The molecule has 0 aliphatic rings. The first kappa shape index (κ1) is 23.3. The lowest BCUT2D eigenvalue weighted by molar-refractivity contribution is 0.673. The minimum absolute atomic E-state index is 0.587. The Hall–Kier alpha value is -5.39. The van der Waals surface area contributed by atoms with Gasteiger partial charge in [-0.1, -0.05) is 115 Å². The van der Waals surface area contributed by atoms with Crippen LogP contribution in [-0.4, -0.2) is 15.0 Å². The van der Waals surface area contributed by atoms with Gasteiger partial charge in [0.25, 0.3) is 0 Å². The molecule has 0 aliphatic heterocycles. The van der Waals surface area contributed by atoms with Gasteiger partial charge in [0.05, 0.1) is 5.56 Å². The summed E-state index contributed by atoms with van der Waals surface area (Å²) < 4.78 is 9.37. The molecule has 3 aromatic heterocycles. The van der Waals surface area contributed by atoms with E-state index in [1.165, 1.54) is 25.6 Å². The average molecular weight is 556 g/mol. The van der Waals surface area contributed by atoms with E-state index in [0.717, 1.165) is 44.0 Å². The third-order valence-corrected chi connectivity index (χ3v) is 9.11. The summed E-state index contributed by atoms with van der Waals surface area (Å²) in [5.74, 6) is 1.85. The summed E-state index contributed by atoms with van der Waals surface area (Å²) in [6.45, 7) is 0. The quantitative estimate of drug-likeness (QED) is 0.218. The Morgan fingerprint density at radius 2 is 1.00 bits per heavy atom. The molecule has 9 rings (SSSR count). The van der Waals surface area contributed by atoms with E-state index in [2.05, 4.69) is 60.7 Å². The molecule has 0 aliphatic carbocycles. The molecule has 0 saturated heterocycles. The van der Waals surface area contributed by atoms with Gasteiger partial charge in [-0.3, -0.25) is 0 Å². The molecule has 0 atom stereocenters. The second-order valence-corrected chi connectivity index (χ2v) is 11.4. The van der Waals surface area contributed by atoms with Gasteiger partial charge in [-0.25, -0.2) is 15.0 Å². The molecule has 9 aromatic rings. The summed E-state index contributed by atoms with van der Waals surface area (Å²) in [5.41, 5.74) is 4.40. The van der Waals surface area contributed by atoms with Gasteiger partial charge in [-0.2, -0.15) is 0 Å². The number of para-hydroxylation sites is 1. The lowest BCUT2D eigenvalue weighted by Crippen LogP contribution is -2.00. The van der Waals surface area contributed by atoms with Crippen molar-refractivity contribution in [2.75, 3.05) is 0 Å². The van der Waals surface area contributed by atoms with Crippen LogP contribution in [0.3, 0.4) is 0 Å². The van der Waals surface area contributed by atoms with Gasteiger partial charge >= 0.3 is 0 Å². The van der Waals surface area contributed by atoms with Crippen molar-refractivity contribution in [3.63, 3.8) is 0 Å². The second-order valence-electron chi connectivity index (χ2n) is 10.4. The molecular formula is C37H21N3OS. The van der Waals surface area contributed by atoms with Crippen molar-refractivity contribution in [3.8, 4) is 34.2 Å². The van der Waals surface area contributed by atoms with E-state index in [9.17, 15) is 0 Å². The predicted molar refractivity (Wildman–Crippen MR) is 174 cm³/mol. The second kappa shape index (κ2) is 9.06. The number of nitrogens with zero attached hydrogens (tertiary/aromatic N) is 3. The van der Waals surface area contributed by atoms with E-state index in [0.29, 0.717) is 17.5 Å². The highest BCUT2D eigenvalue weighted by atomic mass is 32.1. The van der Waals surface area contributed by atoms with Crippen LogP contribution < -0.4 is 0 Å². The Bertz CT molecular complexity index is 2400. The fourth-order valence-corrected chi connectivity index (χ4v) is 7.30. The highest BCUT2D eigenvalue weighted by Gasteiger charge is 2.22. The molecule has 3 heterocycles. The van der Waals surface area contributed by atoms with Crippen molar-refractivity contribution in [1.82, 2.24) is 15.0 Å². The normalized spacial score (nSPS) is 11.8. The minimum Gasteiger partial charge on any atom is -0.455 e. The highest BCUT2D eigenvalue weighted by molar-refractivity contribution is 7.27. The van der Waals surface area contributed by atoms with Gasteiger partial charge in [0.1, 0.15) is 11.2 Å². The van der Waals surface area contributed by atoms with Crippen LogP contribution in [0.1, 0.15) is 0 Å². The Labute approximate surface area is 244 Å². The first-order valence-electron chi connectivity index (χ1n) is 13.9. The van der Waals surface area contributed by atoms with Crippen LogP contribution in [0, 0.1) is 0 Å². The zero-order valence-corrected chi connectivity index (χ0v) is 23.1. The third-order valence-electron chi connectivity index (χ3n) is 7.92. The van der Waals surface area contributed by atoms with E-state index in [-0.39, 0.29) is 0 Å². The SMILES string of the molecule is c1ccc(-c2nc(-c3ccccc3)nc(-c3cccc4c3oc3c5ccccc5c5c6ccccc6sc5c43)n2)cc1. The number of hydrogen-bond donors (Lipinski definition) is 0. The lowest BCUT2D eigenvalue weighted by atomic mass is 9.99. The van der Waals surface area contributed by atoms with Crippen LogP contribution in [-0.2, 0) is 0 Å². The average Bonchev–Trinajstić information content (AvgIpc) is 3.65. The van der Waals surface area contributed by atoms with E-state index in [1.54, 1.807) is 0 Å². The van der Waals surface area contributed by atoms with Gasteiger partial charge in [0, 0.05) is 47.5 Å². The van der Waals surface area contributed by atoms with Crippen LogP contribution in [0.25, 0.3) is 87.0 Å². The summed E-state index contributed by atoms with van der Waals surface area (Å²) in [6.07, 6.45) is 0. The monoisotopic (exact) mass is 555 g/mol. The number of benzene rings is 6. The van der Waals surface area contributed by atoms with E-state index >= 15 is 0 Å². The summed E-state index contributed by atoms with van der Waals surface area (Å²) >= 11 is 1.83. The Kier molecular flexibility index (Phi) is 5.03. The summed E-state index contributed by atoms with van der Waals surface area (Å²) in [7, 11) is 0. The van der Waals surface area contributed by atoms with Crippen LogP contribution in [0.4, 0.5) is 0 Å². The van der Waals surface area contributed by atoms with Crippen LogP contribution >= 0.6 is 11.3 Å². The zero-order chi connectivity index (χ0) is 27.6. The number of furan rings is 1. The van der Waals surface area contributed by atoms with Gasteiger partial charge < -0.3 is 4.42 Å². The molecule has 5 heteroatoms. The van der Waals surface area contributed by atoms with E-state index in [1.807, 2.05) is 78.1 Å². The standard InChI is InChI=1S/C37H21N3OS/c1-3-12-22(13-4-1)35-38-36(23-14-5-2-6-15-23)40-37(39-35)28-20-11-19-27-31-33(41-32(27)28)25-17-8-7-16-24(25)30-26-18-9-10-21-29(26)42-34(30)31/h1-21H. The maximum absolute atomic E-state index is 6.85. The van der Waals surface area contributed by atoms with Gasteiger partial charge in [-0.15, -0.1) is 11.3 Å². The smallest absolute Gasteiger partial charge is 0.167 e. The number of fused-ring (bicyclic) bond motifs is 10. The number of aromatic nitrogens is 3. The maximum atomic E-state index is 6.85. The zero-order valence-electron chi connectivity index (χ0n) is 22.3. The Balaban J connectivity index is 1.39. The van der Waals surface area contributed by atoms with Crippen molar-refractivity contribution in [2.24, 2.45) is 0 Å². The number of hydrogen-bond acceptors (Lipinski definition) is 5. The van der Waals surface area contributed by atoms with Crippen molar-refractivity contribution in [3.05, 3.63) is 127 Å². The molecule has 0 fully saturated rings. The maximum Gasteiger partial charge on any atom is 0.167 e. The molecule has 0 saturated carbocycles. The lowest BCUT2D eigenvalue weighted by Gasteiger charge is -2.08. The van der Waals surface area contributed by atoms with Gasteiger partial charge in [0.2, 0.25) is 0 Å². The highest BCUT2D eigenvalue weighted by Crippen LogP contribution is 2.48. The Morgan fingerprint density at radius 1 is 0.429 bits per heavy atom. The molecule has 0 radical (unpaired) electrons. The van der Waals surface area contributed by atoms with Gasteiger partial charge in [0.15, 0.2) is 17.5 Å². The third kappa shape index (κ3) is 3.44. The van der Waals surface area contributed by atoms with E-state index < -0.39 is 0 Å². The fraction of sp³-hybridized carbons (Fsp3) is 0. The first-order chi connectivity index (χ1) is 20.8. The molecule has 42 heavy (non-hydrogen) atoms. The van der Waals surface area contributed by atoms with Crippen molar-refractivity contribution >= 4 is 64.2 Å². The molecule has 0 N–H and O–H groups in total. The molecule has 196 valence electrons. The topological polar surface area (TPSA) is 51.8 Å². The van der Waals surface area contributed by atoms with E-state index in [4.69, 9.17) is 19.4 Å². The molecule has 0 unspecified atom stereocenters. The Morgan fingerprint density at radius 3 is 1.71 bits per heavy atom. The molecule has 0 bridgehead atoms. The largest absolute Gasteiger partial charge is 0.455 e. The predicted octanol–water partition coefficient (Wildman–Crippen LogP) is 10.3. The van der Waals surface area contributed by atoms with Crippen molar-refractivity contribution < 1.29 is 4.42 Å². The molecule has 0 spiro atoms. The van der Waals surface area contributed by atoms with Crippen LogP contribution in [0.15, 0.2) is 132 Å². The van der Waals surface area contributed by atoms with Crippen molar-refractivity contribution in [1.29, 1.82) is 0 Å². The van der Waals surface area contributed by atoms with Crippen LogP contribution in [0.2, 0.25) is 0 Å². The molecular weight excluding hydrogens is 534 g/mol. The summed E-state index contributed by atoms with van der Waals surface area (Å²) in [4.78, 5) is 14.9. The number of rotatable bonds is 3. The molecule has 0 amide bonds. The fourth-order valence-electron chi connectivity index (χ4n) is 6.03. The minimum atomic E-state index is 0.587. The van der Waals surface area contributed by atoms with Crippen LogP contribution in [0.5, 0.6) is 0 Å². The molecule has 4 nitrogen and oxygen atoms in total. The molecule has 6 aromatic carbocycles. The van der Waals surface area contributed by atoms with Gasteiger partial charge in [-0.05, 0) is 17.5 Å². The first-order valence-corrected chi connectivity index (χ1v) is 14.7. The summed E-state index contributed by atoms with van der Waals surface area (Å²) in [6, 6.07) is 43.6.